The number of benzene rings is 1. The van der Waals surface area contributed by atoms with Crippen LogP contribution in [0, 0.1) is 18.6 Å². The maximum atomic E-state index is 13.5. The van der Waals surface area contributed by atoms with Crippen LogP contribution in [0.5, 0.6) is 0 Å². The molecule has 9 heteroatoms. The van der Waals surface area contributed by atoms with E-state index in [4.69, 9.17) is 4.52 Å². The number of nitrogens with zero attached hydrogens (tertiary/aromatic N) is 3. The summed E-state index contributed by atoms with van der Waals surface area (Å²) in [6.45, 7) is 1.60. The number of carbonyl (C=O) groups excluding carboxylic acids is 1. The molecule has 1 N–H and O–H groups in total. The van der Waals surface area contributed by atoms with Gasteiger partial charge in [0.15, 0.2) is 10.8 Å². The van der Waals surface area contributed by atoms with Crippen LogP contribution in [0.4, 0.5) is 8.78 Å². The van der Waals surface area contributed by atoms with E-state index in [2.05, 4.69) is 20.4 Å². The first kappa shape index (κ1) is 15.2. The van der Waals surface area contributed by atoms with Crippen molar-refractivity contribution in [3.05, 3.63) is 51.6 Å². The quantitative estimate of drug-likeness (QED) is 0.792. The Hall–Kier alpha value is -2.68. The topological polar surface area (TPSA) is 80.9 Å². The lowest BCUT2D eigenvalue weighted by atomic mass is 10.2. The molecule has 0 aliphatic heterocycles. The number of carbonyl (C=O) groups is 1. The van der Waals surface area contributed by atoms with Crippen molar-refractivity contribution in [2.45, 2.75) is 13.5 Å². The molecule has 1 aromatic carbocycles. The molecule has 23 heavy (non-hydrogen) atoms. The minimum atomic E-state index is -0.716. The van der Waals surface area contributed by atoms with Gasteiger partial charge < -0.3 is 9.84 Å². The Labute approximate surface area is 133 Å². The Morgan fingerprint density at radius 2 is 2.17 bits per heavy atom. The number of aromatic nitrogens is 3. The second-order valence-electron chi connectivity index (χ2n) is 4.60. The van der Waals surface area contributed by atoms with Crippen molar-refractivity contribution in [3.63, 3.8) is 0 Å². The smallest absolute Gasteiger partial charge is 0.280 e. The molecule has 0 aliphatic carbocycles. The summed E-state index contributed by atoms with van der Waals surface area (Å²) in [4.78, 5) is 20.1. The van der Waals surface area contributed by atoms with Gasteiger partial charge in [0.1, 0.15) is 17.3 Å². The number of aryl methyl sites for hydroxylation is 1. The second-order valence-corrected chi connectivity index (χ2v) is 5.46. The van der Waals surface area contributed by atoms with Crippen molar-refractivity contribution in [2.75, 3.05) is 0 Å². The monoisotopic (exact) mass is 336 g/mol. The highest BCUT2D eigenvalue weighted by Gasteiger charge is 2.16. The fraction of sp³-hybridized carbons (Fsp3) is 0.143. The van der Waals surface area contributed by atoms with Crippen LogP contribution in [0.3, 0.4) is 0 Å². The van der Waals surface area contributed by atoms with Crippen LogP contribution >= 0.6 is 11.3 Å². The fourth-order valence-electron chi connectivity index (χ4n) is 1.79. The van der Waals surface area contributed by atoms with Crippen LogP contribution in [-0.4, -0.2) is 21.0 Å². The van der Waals surface area contributed by atoms with E-state index in [1.165, 1.54) is 6.07 Å². The summed E-state index contributed by atoms with van der Waals surface area (Å²) in [6.07, 6.45) is 0. The van der Waals surface area contributed by atoms with E-state index in [1.807, 2.05) is 0 Å². The number of rotatable bonds is 4. The van der Waals surface area contributed by atoms with E-state index in [0.29, 0.717) is 11.5 Å². The number of hydrogen-bond acceptors (Lipinski definition) is 6. The lowest BCUT2D eigenvalue weighted by Crippen LogP contribution is -2.23. The van der Waals surface area contributed by atoms with Crippen LogP contribution in [0.2, 0.25) is 0 Å². The Kier molecular flexibility index (Phi) is 4.11. The molecule has 2 heterocycles. The summed E-state index contributed by atoms with van der Waals surface area (Å²) in [5.74, 6) is -1.17. The molecular weight excluding hydrogens is 326 g/mol. The molecule has 0 aliphatic rings. The van der Waals surface area contributed by atoms with Gasteiger partial charge in [0, 0.05) is 23.6 Å². The zero-order chi connectivity index (χ0) is 16.4. The van der Waals surface area contributed by atoms with Crippen molar-refractivity contribution in [1.29, 1.82) is 0 Å². The van der Waals surface area contributed by atoms with Gasteiger partial charge in [-0.05, 0) is 13.0 Å². The molecular formula is C14H10F2N4O2S. The van der Waals surface area contributed by atoms with E-state index >= 15 is 0 Å². The zero-order valence-electron chi connectivity index (χ0n) is 11.8. The molecule has 0 spiro atoms. The second kappa shape index (κ2) is 6.21. The third kappa shape index (κ3) is 3.39. The maximum Gasteiger partial charge on any atom is 0.280 e. The van der Waals surface area contributed by atoms with Gasteiger partial charge in [0.2, 0.25) is 0 Å². The summed E-state index contributed by atoms with van der Waals surface area (Å²) < 4.78 is 31.3. The average Bonchev–Trinajstić information content (AvgIpc) is 3.14. The molecule has 0 saturated carbocycles. The van der Waals surface area contributed by atoms with E-state index < -0.39 is 17.5 Å². The van der Waals surface area contributed by atoms with Gasteiger partial charge in [0.25, 0.3) is 11.8 Å². The van der Waals surface area contributed by atoms with E-state index in [1.54, 1.807) is 12.3 Å². The van der Waals surface area contributed by atoms with Crippen molar-refractivity contribution in [2.24, 2.45) is 0 Å². The van der Waals surface area contributed by atoms with E-state index in [-0.39, 0.29) is 23.0 Å². The molecule has 0 bridgehead atoms. The fourth-order valence-corrected chi connectivity index (χ4v) is 2.50. The van der Waals surface area contributed by atoms with Gasteiger partial charge in [-0.2, -0.15) is 4.98 Å². The highest BCUT2D eigenvalue weighted by Crippen LogP contribution is 2.20. The molecule has 118 valence electrons. The average molecular weight is 336 g/mol. The summed E-state index contributed by atoms with van der Waals surface area (Å²) in [5, 5.41) is 7.96. The number of amides is 1. The van der Waals surface area contributed by atoms with Gasteiger partial charge in [-0.3, -0.25) is 4.79 Å². The Morgan fingerprint density at radius 3 is 2.87 bits per heavy atom. The summed E-state index contributed by atoms with van der Waals surface area (Å²) in [5.41, 5.74) is 0.581. The molecule has 0 saturated heterocycles. The molecule has 0 fully saturated rings. The Morgan fingerprint density at radius 1 is 1.35 bits per heavy atom. The molecule has 0 radical (unpaired) electrons. The van der Waals surface area contributed by atoms with Crippen molar-refractivity contribution in [1.82, 2.24) is 20.4 Å². The molecule has 0 unspecified atom stereocenters. The summed E-state index contributed by atoms with van der Waals surface area (Å²) in [7, 11) is 0. The highest BCUT2D eigenvalue weighted by atomic mass is 32.1. The van der Waals surface area contributed by atoms with Crippen LogP contribution in [-0.2, 0) is 6.54 Å². The predicted octanol–water partition coefficient (Wildman–Crippen LogP) is 2.71. The molecule has 6 nitrogen and oxygen atoms in total. The molecule has 3 aromatic rings. The van der Waals surface area contributed by atoms with Crippen LogP contribution in [0.25, 0.3) is 11.6 Å². The van der Waals surface area contributed by atoms with Crippen molar-refractivity contribution < 1.29 is 18.1 Å². The lowest BCUT2D eigenvalue weighted by Gasteiger charge is -2.04. The Bertz CT molecular complexity index is 862. The number of hydrogen-bond donors (Lipinski definition) is 1. The van der Waals surface area contributed by atoms with Crippen LogP contribution in [0.15, 0.2) is 28.1 Å². The van der Waals surface area contributed by atoms with Crippen LogP contribution in [0.1, 0.15) is 21.2 Å². The predicted molar refractivity (Wildman–Crippen MR) is 77.7 cm³/mol. The molecule has 3 rings (SSSR count). The minimum Gasteiger partial charge on any atom is -0.346 e. The first-order valence-electron chi connectivity index (χ1n) is 6.51. The van der Waals surface area contributed by atoms with Gasteiger partial charge in [-0.1, -0.05) is 11.2 Å². The highest BCUT2D eigenvalue weighted by molar-refractivity contribution is 7.12. The van der Waals surface area contributed by atoms with Crippen molar-refractivity contribution in [3.8, 4) is 11.6 Å². The Balaban J connectivity index is 1.68. The standard InChI is InChI=1S/C14H10F2N4O2S/c1-7-18-13(22-20-7)11-6-23-14(19-11)12(21)17-5-8-2-3-9(15)4-10(8)16/h2-4,6H,5H2,1H3,(H,17,21). The molecule has 0 atom stereocenters. The van der Waals surface area contributed by atoms with Gasteiger partial charge >= 0.3 is 0 Å². The number of halogens is 2. The molecule has 2 aromatic heterocycles. The number of thiazole rings is 1. The summed E-state index contributed by atoms with van der Waals surface area (Å²) >= 11 is 1.10. The normalized spacial score (nSPS) is 10.7. The molecule has 1 amide bonds. The summed E-state index contributed by atoms with van der Waals surface area (Å²) in [6, 6.07) is 3.17. The largest absolute Gasteiger partial charge is 0.346 e. The minimum absolute atomic E-state index is 0.0699. The zero-order valence-corrected chi connectivity index (χ0v) is 12.7. The third-order valence-corrected chi connectivity index (χ3v) is 3.74. The van der Waals surface area contributed by atoms with E-state index in [9.17, 15) is 13.6 Å². The van der Waals surface area contributed by atoms with Crippen molar-refractivity contribution >= 4 is 17.2 Å². The number of nitrogens with one attached hydrogen (secondary N) is 1. The lowest BCUT2D eigenvalue weighted by molar-refractivity contribution is 0.0950. The van der Waals surface area contributed by atoms with Gasteiger partial charge in [-0.25, -0.2) is 13.8 Å². The van der Waals surface area contributed by atoms with Gasteiger partial charge in [-0.15, -0.1) is 11.3 Å². The van der Waals surface area contributed by atoms with Crippen LogP contribution < -0.4 is 5.32 Å². The third-order valence-electron chi connectivity index (χ3n) is 2.90. The van der Waals surface area contributed by atoms with E-state index in [0.717, 1.165) is 23.5 Å². The maximum absolute atomic E-state index is 13.5. The van der Waals surface area contributed by atoms with Gasteiger partial charge in [0.05, 0.1) is 0 Å². The first-order chi connectivity index (χ1) is 11.0. The SMILES string of the molecule is Cc1noc(-c2csc(C(=O)NCc3ccc(F)cc3F)n2)n1. The first-order valence-corrected chi connectivity index (χ1v) is 7.39.